The van der Waals surface area contributed by atoms with E-state index in [2.05, 4.69) is 4.98 Å². The van der Waals surface area contributed by atoms with Crippen LogP contribution in [0.1, 0.15) is 56.5 Å². The Balaban J connectivity index is 2.10. The Morgan fingerprint density at radius 3 is 2.44 bits per heavy atom. The highest BCUT2D eigenvalue weighted by atomic mass is 19.1. The standard InChI is InChI=1S/C19H29FN2O5/c1-12-9-13(15(25)14(24)11-23)10-21-16(12)19(20)5-7-22(8-6-19)17(26)27-18(2,3)4/h9-10,14-15,23-25H,5-8,11H2,1-4H3/t14-,15-/m0/s1. The molecule has 1 amide bonds. The molecule has 1 aliphatic rings. The molecule has 1 aromatic heterocycles. The van der Waals surface area contributed by atoms with Gasteiger partial charge in [0, 0.05) is 37.7 Å². The Morgan fingerprint density at radius 2 is 1.96 bits per heavy atom. The summed E-state index contributed by atoms with van der Waals surface area (Å²) in [7, 11) is 0. The number of hydrogen-bond donors (Lipinski definition) is 3. The monoisotopic (exact) mass is 384 g/mol. The molecule has 2 rings (SSSR count). The van der Waals surface area contributed by atoms with Crippen molar-refractivity contribution in [2.45, 2.75) is 64.0 Å². The van der Waals surface area contributed by atoms with Gasteiger partial charge in [-0.3, -0.25) is 4.98 Å². The molecule has 0 aliphatic carbocycles. The van der Waals surface area contributed by atoms with Crippen molar-refractivity contribution in [3.63, 3.8) is 0 Å². The fourth-order valence-corrected chi connectivity index (χ4v) is 3.16. The molecule has 3 N–H and O–H groups in total. The van der Waals surface area contributed by atoms with Crippen LogP contribution in [0.25, 0.3) is 0 Å². The number of ether oxygens (including phenoxy) is 1. The van der Waals surface area contributed by atoms with E-state index in [1.165, 1.54) is 11.1 Å². The van der Waals surface area contributed by atoms with E-state index in [0.717, 1.165) is 0 Å². The molecule has 1 aromatic rings. The summed E-state index contributed by atoms with van der Waals surface area (Å²) in [5.41, 5.74) is -1.16. The minimum Gasteiger partial charge on any atom is -0.444 e. The maximum Gasteiger partial charge on any atom is 0.410 e. The number of rotatable bonds is 4. The first kappa shape index (κ1) is 21.5. The molecule has 0 unspecified atom stereocenters. The average Bonchev–Trinajstić information content (AvgIpc) is 2.59. The SMILES string of the molecule is Cc1cc([C@H](O)[C@@H](O)CO)cnc1C1(F)CCN(C(=O)OC(C)(C)C)CC1. The van der Waals surface area contributed by atoms with Crippen molar-refractivity contribution in [1.82, 2.24) is 9.88 Å². The molecule has 2 heterocycles. The summed E-state index contributed by atoms with van der Waals surface area (Å²) in [6.07, 6.45) is -1.56. The highest BCUT2D eigenvalue weighted by molar-refractivity contribution is 5.68. The van der Waals surface area contributed by atoms with Gasteiger partial charge in [-0.25, -0.2) is 9.18 Å². The van der Waals surface area contributed by atoms with Crippen LogP contribution in [0.15, 0.2) is 12.3 Å². The lowest BCUT2D eigenvalue weighted by Gasteiger charge is -2.37. The van der Waals surface area contributed by atoms with Gasteiger partial charge in [0.1, 0.15) is 17.8 Å². The number of aliphatic hydroxyl groups excluding tert-OH is 3. The maximum absolute atomic E-state index is 15.5. The van der Waals surface area contributed by atoms with Gasteiger partial charge in [-0.15, -0.1) is 0 Å². The van der Waals surface area contributed by atoms with Crippen LogP contribution in [0.5, 0.6) is 0 Å². The lowest BCUT2D eigenvalue weighted by molar-refractivity contribution is -0.0156. The van der Waals surface area contributed by atoms with Crippen LogP contribution in [0, 0.1) is 6.92 Å². The number of piperidine rings is 1. The number of alkyl halides is 1. The summed E-state index contributed by atoms with van der Waals surface area (Å²) in [4.78, 5) is 17.8. The smallest absolute Gasteiger partial charge is 0.410 e. The Morgan fingerprint density at radius 1 is 1.37 bits per heavy atom. The molecule has 1 fully saturated rings. The van der Waals surface area contributed by atoms with Crippen molar-refractivity contribution >= 4 is 6.09 Å². The predicted molar refractivity (Wildman–Crippen MR) is 96.9 cm³/mol. The fraction of sp³-hybridized carbons (Fsp3) is 0.684. The zero-order valence-corrected chi connectivity index (χ0v) is 16.3. The van der Waals surface area contributed by atoms with E-state index < -0.39 is 36.2 Å². The number of carbonyl (C=O) groups excluding carboxylic acids is 1. The van der Waals surface area contributed by atoms with E-state index in [1.54, 1.807) is 33.8 Å². The molecule has 1 saturated heterocycles. The van der Waals surface area contributed by atoms with Crippen LogP contribution >= 0.6 is 0 Å². The number of amides is 1. The summed E-state index contributed by atoms with van der Waals surface area (Å²) >= 11 is 0. The van der Waals surface area contributed by atoms with Crippen LogP contribution in [0.4, 0.5) is 9.18 Å². The topological polar surface area (TPSA) is 103 Å². The third-order valence-corrected chi connectivity index (χ3v) is 4.62. The molecule has 7 nitrogen and oxygen atoms in total. The van der Waals surface area contributed by atoms with E-state index in [0.29, 0.717) is 11.1 Å². The Bertz CT molecular complexity index is 669. The lowest BCUT2D eigenvalue weighted by atomic mass is 9.87. The summed E-state index contributed by atoms with van der Waals surface area (Å²) in [5.74, 6) is 0. The molecule has 152 valence electrons. The average molecular weight is 384 g/mol. The molecule has 0 bridgehead atoms. The molecule has 8 heteroatoms. The number of likely N-dealkylation sites (tertiary alicyclic amines) is 1. The van der Waals surface area contributed by atoms with Crippen molar-refractivity contribution < 1.29 is 29.2 Å². The number of halogens is 1. The minimum atomic E-state index is -1.68. The molecule has 27 heavy (non-hydrogen) atoms. The van der Waals surface area contributed by atoms with Gasteiger partial charge >= 0.3 is 6.09 Å². The largest absolute Gasteiger partial charge is 0.444 e. The van der Waals surface area contributed by atoms with Crippen molar-refractivity contribution in [2.24, 2.45) is 0 Å². The Labute approximate surface area is 158 Å². The molecule has 1 aliphatic heterocycles. The zero-order valence-electron chi connectivity index (χ0n) is 16.3. The van der Waals surface area contributed by atoms with Gasteiger partial charge < -0.3 is 25.0 Å². The number of hydrogen-bond acceptors (Lipinski definition) is 6. The van der Waals surface area contributed by atoms with Gasteiger partial charge in [-0.2, -0.15) is 0 Å². The molecule has 0 saturated carbocycles. The third-order valence-electron chi connectivity index (χ3n) is 4.62. The Hall–Kier alpha value is -1.77. The van der Waals surface area contributed by atoms with Gasteiger partial charge in [-0.1, -0.05) is 0 Å². The van der Waals surface area contributed by atoms with Gasteiger partial charge in [-0.05, 0) is 39.3 Å². The van der Waals surface area contributed by atoms with E-state index in [9.17, 15) is 15.0 Å². The molecular formula is C19H29FN2O5. The second kappa shape index (κ2) is 8.08. The number of carbonyl (C=O) groups is 1. The third kappa shape index (κ3) is 5.15. The Kier molecular flexibility index (Phi) is 6.44. The van der Waals surface area contributed by atoms with Crippen molar-refractivity contribution in [2.75, 3.05) is 19.7 Å². The number of nitrogens with zero attached hydrogens (tertiary/aromatic N) is 2. The van der Waals surface area contributed by atoms with Crippen LogP contribution in [-0.2, 0) is 10.4 Å². The highest BCUT2D eigenvalue weighted by Gasteiger charge is 2.40. The van der Waals surface area contributed by atoms with E-state index in [4.69, 9.17) is 9.84 Å². The quantitative estimate of drug-likeness (QED) is 0.733. The first-order valence-electron chi connectivity index (χ1n) is 9.08. The second-order valence-electron chi connectivity index (χ2n) is 8.06. The van der Waals surface area contributed by atoms with Crippen LogP contribution in [-0.4, -0.2) is 62.7 Å². The normalized spacial score (nSPS) is 19.5. The number of pyridine rings is 1. The molecule has 0 radical (unpaired) electrons. The number of aryl methyl sites for hydroxylation is 1. The lowest BCUT2D eigenvalue weighted by Crippen LogP contribution is -2.45. The van der Waals surface area contributed by atoms with E-state index >= 15 is 4.39 Å². The van der Waals surface area contributed by atoms with E-state index in [1.807, 2.05) is 0 Å². The molecule has 2 atom stereocenters. The van der Waals surface area contributed by atoms with Gasteiger partial charge in [0.2, 0.25) is 0 Å². The predicted octanol–water partition coefficient (Wildman–Crippen LogP) is 1.97. The van der Waals surface area contributed by atoms with Gasteiger partial charge in [0.25, 0.3) is 0 Å². The number of aromatic nitrogens is 1. The van der Waals surface area contributed by atoms with Crippen molar-refractivity contribution in [1.29, 1.82) is 0 Å². The van der Waals surface area contributed by atoms with Gasteiger partial charge in [0.15, 0.2) is 5.67 Å². The highest BCUT2D eigenvalue weighted by Crippen LogP contribution is 2.38. The molecule has 0 aromatic carbocycles. The summed E-state index contributed by atoms with van der Waals surface area (Å²) < 4.78 is 20.8. The van der Waals surface area contributed by atoms with Crippen molar-refractivity contribution in [3.8, 4) is 0 Å². The fourth-order valence-electron chi connectivity index (χ4n) is 3.16. The van der Waals surface area contributed by atoms with Gasteiger partial charge in [0.05, 0.1) is 12.3 Å². The first-order chi connectivity index (χ1) is 12.5. The van der Waals surface area contributed by atoms with Crippen LogP contribution in [0.3, 0.4) is 0 Å². The van der Waals surface area contributed by atoms with Crippen LogP contribution in [0.2, 0.25) is 0 Å². The minimum absolute atomic E-state index is 0.0985. The summed E-state index contributed by atoms with van der Waals surface area (Å²) in [5, 5.41) is 28.5. The van der Waals surface area contributed by atoms with Crippen molar-refractivity contribution in [3.05, 3.63) is 29.1 Å². The first-order valence-corrected chi connectivity index (χ1v) is 9.08. The van der Waals surface area contributed by atoms with Crippen LogP contribution < -0.4 is 0 Å². The summed E-state index contributed by atoms with van der Waals surface area (Å²) in [6, 6.07) is 1.56. The maximum atomic E-state index is 15.5. The zero-order chi connectivity index (χ0) is 20.4. The molecular weight excluding hydrogens is 355 g/mol. The second-order valence-corrected chi connectivity index (χ2v) is 8.06. The summed E-state index contributed by atoms with van der Waals surface area (Å²) in [6.45, 7) is 6.89. The number of aliphatic hydroxyl groups is 3. The van der Waals surface area contributed by atoms with E-state index in [-0.39, 0.29) is 31.6 Å². The molecule has 0 spiro atoms.